The maximum atomic E-state index is 6.20. The first-order valence-corrected chi connectivity index (χ1v) is 8.11. The Labute approximate surface area is 139 Å². The van der Waals surface area contributed by atoms with Crippen molar-refractivity contribution in [2.45, 2.75) is 19.0 Å². The number of hydrogen-bond donors (Lipinski definition) is 1. The Balaban J connectivity index is 2.12. The first-order chi connectivity index (χ1) is 10.1. The Morgan fingerprint density at radius 3 is 2.48 bits per heavy atom. The predicted octanol–water partition coefficient (Wildman–Crippen LogP) is 4.70. The third kappa shape index (κ3) is 4.00. The second-order valence-corrected chi connectivity index (χ2v) is 6.28. The van der Waals surface area contributed by atoms with Gasteiger partial charge in [-0.3, -0.25) is 0 Å². The van der Waals surface area contributed by atoms with Crippen molar-refractivity contribution in [3.05, 3.63) is 64.1 Å². The maximum Gasteiger partial charge on any atom is 0.133 e. The summed E-state index contributed by atoms with van der Waals surface area (Å²) in [5, 5.41) is 3.55. The van der Waals surface area contributed by atoms with Crippen molar-refractivity contribution in [2.75, 3.05) is 13.0 Å². The number of rotatable bonds is 6. The summed E-state index contributed by atoms with van der Waals surface area (Å²) in [6.45, 7) is 2.86. The Morgan fingerprint density at radius 2 is 1.90 bits per heavy atom. The Bertz CT molecular complexity index is 591. The SMILES string of the molecule is COc1ccc(CNC(C)(CCl)c2ccccc2)cc1Br. The molecule has 2 nitrogen and oxygen atoms in total. The Kier molecular flexibility index (Phi) is 5.68. The van der Waals surface area contributed by atoms with Crippen molar-refractivity contribution in [1.82, 2.24) is 5.32 Å². The van der Waals surface area contributed by atoms with Gasteiger partial charge in [-0.15, -0.1) is 11.6 Å². The minimum Gasteiger partial charge on any atom is -0.496 e. The number of benzene rings is 2. The van der Waals surface area contributed by atoms with Gasteiger partial charge < -0.3 is 10.1 Å². The molecule has 2 rings (SSSR count). The number of hydrogen-bond acceptors (Lipinski definition) is 2. The van der Waals surface area contributed by atoms with Gasteiger partial charge in [-0.2, -0.15) is 0 Å². The fourth-order valence-electron chi connectivity index (χ4n) is 2.15. The summed E-state index contributed by atoms with van der Waals surface area (Å²) >= 11 is 9.71. The quantitative estimate of drug-likeness (QED) is 0.746. The van der Waals surface area contributed by atoms with Crippen LogP contribution in [0, 0.1) is 0 Å². The first kappa shape index (κ1) is 16.3. The zero-order chi connectivity index (χ0) is 15.3. The van der Waals surface area contributed by atoms with E-state index in [-0.39, 0.29) is 5.54 Å². The Morgan fingerprint density at radius 1 is 1.19 bits per heavy atom. The molecule has 21 heavy (non-hydrogen) atoms. The third-order valence-corrected chi connectivity index (χ3v) is 4.73. The van der Waals surface area contributed by atoms with Crippen LogP contribution < -0.4 is 10.1 Å². The fourth-order valence-corrected chi connectivity index (χ4v) is 2.99. The number of alkyl halides is 1. The molecular formula is C17H19BrClNO. The van der Waals surface area contributed by atoms with E-state index < -0.39 is 0 Å². The van der Waals surface area contributed by atoms with Gasteiger partial charge in [-0.05, 0) is 46.1 Å². The molecule has 0 saturated heterocycles. The molecule has 0 amide bonds. The van der Waals surface area contributed by atoms with Crippen molar-refractivity contribution in [3.8, 4) is 5.75 Å². The molecule has 1 N–H and O–H groups in total. The second-order valence-electron chi connectivity index (χ2n) is 5.15. The molecule has 0 saturated carbocycles. The van der Waals surface area contributed by atoms with Gasteiger partial charge in [0, 0.05) is 12.4 Å². The molecule has 0 aliphatic rings. The summed E-state index contributed by atoms with van der Waals surface area (Å²) in [7, 11) is 1.66. The summed E-state index contributed by atoms with van der Waals surface area (Å²) in [6.07, 6.45) is 0. The molecule has 2 aromatic carbocycles. The lowest BCUT2D eigenvalue weighted by Gasteiger charge is -2.29. The smallest absolute Gasteiger partial charge is 0.133 e. The highest BCUT2D eigenvalue weighted by Gasteiger charge is 2.24. The molecule has 0 fully saturated rings. The zero-order valence-electron chi connectivity index (χ0n) is 12.2. The molecule has 112 valence electrons. The summed E-state index contributed by atoms with van der Waals surface area (Å²) < 4.78 is 6.20. The van der Waals surface area contributed by atoms with E-state index in [0.29, 0.717) is 5.88 Å². The van der Waals surface area contributed by atoms with Crippen LogP contribution >= 0.6 is 27.5 Å². The van der Waals surface area contributed by atoms with E-state index in [4.69, 9.17) is 16.3 Å². The van der Waals surface area contributed by atoms with E-state index in [1.54, 1.807) is 7.11 Å². The molecule has 0 radical (unpaired) electrons. The van der Waals surface area contributed by atoms with Crippen LogP contribution in [0.5, 0.6) is 5.75 Å². The van der Waals surface area contributed by atoms with Crippen molar-refractivity contribution in [3.63, 3.8) is 0 Å². The molecule has 1 atom stereocenters. The molecular weight excluding hydrogens is 350 g/mol. The van der Waals surface area contributed by atoms with Crippen LogP contribution in [0.1, 0.15) is 18.1 Å². The number of ether oxygens (including phenoxy) is 1. The van der Waals surface area contributed by atoms with E-state index in [1.807, 2.05) is 24.3 Å². The largest absolute Gasteiger partial charge is 0.496 e. The van der Waals surface area contributed by atoms with Crippen LogP contribution in [0.3, 0.4) is 0 Å². The summed E-state index contributed by atoms with van der Waals surface area (Å²) in [5.74, 6) is 1.34. The van der Waals surface area contributed by atoms with E-state index in [9.17, 15) is 0 Å². The number of halogens is 2. The standard InChI is InChI=1S/C17H19BrClNO/c1-17(12-19,14-6-4-3-5-7-14)20-11-13-8-9-16(21-2)15(18)10-13/h3-10,20H,11-12H2,1-2H3. The lowest BCUT2D eigenvalue weighted by molar-refractivity contribution is 0.404. The van der Waals surface area contributed by atoms with Crippen LogP contribution in [-0.2, 0) is 12.1 Å². The topological polar surface area (TPSA) is 21.3 Å². The second kappa shape index (κ2) is 7.30. The van der Waals surface area contributed by atoms with E-state index >= 15 is 0 Å². The highest BCUT2D eigenvalue weighted by Crippen LogP contribution is 2.27. The molecule has 0 aromatic heterocycles. The van der Waals surface area contributed by atoms with Crippen molar-refractivity contribution in [2.24, 2.45) is 0 Å². The minimum atomic E-state index is -0.255. The number of nitrogens with one attached hydrogen (secondary N) is 1. The van der Waals surface area contributed by atoms with E-state index in [0.717, 1.165) is 16.8 Å². The predicted molar refractivity (Wildman–Crippen MR) is 92.0 cm³/mol. The highest BCUT2D eigenvalue weighted by molar-refractivity contribution is 9.10. The average Bonchev–Trinajstić information content (AvgIpc) is 2.53. The van der Waals surface area contributed by atoms with Gasteiger partial charge in [0.05, 0.1) is 17.1 Å². The summed E-state index contributed by atoms with van der Waals surface area (Å²) in [5.41, 5.74) is 2.11. The highest BCUT2D eigenvalue weighted by atomic mass is 79.9. The molecule has 0 bridgehead atoms. The van der Waals surface area contributed by atoms with Gasteiger partial charge >= 0.3 is 0 Å². The summed E-state index contributed by atoms with van der Waals surface area (Å²) in [6, 6.07) is 16.3. The molecule has 1 unspecified atom stereocenters. The molecule has 0 aliphatic carbocycles. The summed E-state index contributed by atoms with van der Waals surface area (Å²) in [4.78, 5) is 0. The van der Waals surface area contributed by atoms with Gasteiger partial charge in [0.1, 0.15) is 5.75 Å². The molecule has 0 aliphatic heterocycles. The van der Waals surface area contributed by atoms with Gasteiger partial charge in [-0.1, -0.05) is 36.4 Å². The van der Waals surface area contributed by atoms with Gasteiger partial charge in [-0.25, -0.2) is 0 Å². The monoisotopic (exact) mass is 367 g/mol. The van der Waals surface area contributed by atoms with Gasteiger partial charge in [0.25, 0.3) is 0 Å². The van der Waals surface area contributed by atoms with Gasteiger partial charge in [0.15, 0.2) is 0 Å². The average molecular weight is 369 g/mol. The third-order valence-electron chi connectivity index (χ3n) is 3.58. The van der Waals surface area contributed by atoms with E-state index in [2.05, 4.69) is 52.4 Å². The van der Waals surface area contributed by atoms with Crippen LogP contribution in [0.4, 0.5) is 0 Å². The van der Waals surface area contributed by atoms with Crippen molar-refractivity contribution in [1.29, 1.82) is 0 Å². The van der Waals surface area contributed by atoms with Crippen molar-refractivity contribution < 1.29 is 4.74 Å². The Hall–Kier alpha value is -1.03. The molecule has 0 spiro atoms. The van der Waals surface area contributed by atoms with Crippen LogP contribution in [-0.4, -0.2) is 13.0 Å². The molecule has 2 aromatic rings. The van der Waals surface area contributed by atoms with Crippen LogP contribution in [0.2, 0.25) is 0 Å². The molecule has 4 heteroatoms. The van der Waals surface area contributed by atoms with Gasteiger partial charge in [0.2, 0.25) is 0 Å². The lowest BCUT2D eigenvalue weighted by Crippen LogP contribution is -2.40. The van der Waals surface area contributed by atoms with Crippen LogP contribution in [0.25, 0.3) is 0 Å². The minimum absolute atomic E-state index is 0.255. The number of methoxy groups -OCH3 is 1. The maximum absolute atomic E-state index is 6.20. The lowest BCUT2D eigenvalue weighted by atomic mass is 9.94. The normalized spacial score (nSPS) is 13.7. The zero-order valence-corrected chi connectivity index (χ0v) is 14.5. The van der Waals surface area contributed by atoms with Crippen molar-refractivity contribution >= 4 is 27.5 Å². The first-order valence-electron chi connectivity index (χ1n) is 6.78. The molecule has 0 heterocycles. The fraction of sp³-hybridized carbons (Fsp3) is 0.294. The van der Waals surface area contributed by atoms with Crippen LogP contribution in [0.15, 0.2) is 53.0 Å². The van der Waals surface area contributed by atoms with E-state index in [1.165, 1.54) is 11.1 Å².